The van der Waals surface area contributed by atoms with E-state index in [2.05, 4.69) is 41.3 Å². The fraction of sp³-hybridized carbons (Fsp3) is 0.455. The van der Waals surface area contributed by atoms with Crippen LogP contribution in [-0.2, 0) is 6.54 Å². The molecule has 0 spiro atoms. The van der Waals surface area contributed by atoms with E-state index in [0.29, 0.717) is 18.4 Å². The lowest BCUT2D eigenvalue weighted by molar-refractivity contribution is 0.221. The number of hydrogen-bond donors (Lipinski definition) is 1. The minimum Gasteiger partial charge on any atom is -0.493 e. The van der Waals surface area contributed by atoms with Gasteiger partial charge in [-0.2, -0.15) is 0 Å². The van der Waals surface area contributed by atoms with E-state index in [0.717, 1.165) is 31.1 Å². The average molecular weight is 354 g/mol. The number of rotatable bonds is 7. The van der Waals surface area contributed by atoms with Crippen LogP contribution >= 0.6 is 0 Å². The van der Waals surface area contributed by atoms with E-state index in [-0.39, 0.29) is 6.10 Å². The van der Waals surface area contributed by atoms with Crippen LogP contribution in [0.25, 0.3) is 0 Å². The van der Waals surface area contributed by atoms with Crippen LogP contribution in [0, 0.1) is 5.92 Å². The summed E-state index contributed by atoms with van der Waals surface area (Å²) in [6.07, 6.45) is 0.109. The van der Waals surface area contributed by atoms with Gasteiger partial charge < -0.3 is 15.2 Å². The molecule has 0 radical (unpaired) electrons. The first-order valence-corrected chi connectivity index (χ1v) is 9.42. The molecule has 0 unspecified atom stereocenters. The van der Waals surface area contributed by atoms with Crippen molar-refractivity contribution in [1.82, 2.24) is 4.90 Å². The van der Waals surface area contributed by atoms with Crippen LogP contribution in [-0.4, -0.2) is 37.7 Å². The van der Waals surface area contributed by atoms with E-state index in [1.54, 1.807) is 7.11 Å². The Morgan fingerprint density at radius 3 is 2.50 bits per heavy atom. The Morgan fingerprint density at radius 2 is 1.85 bits per heavy atom. The maximum atomic E-state index is 6.09. The Morgan fingerprint density at radius 1 is 1.08 bits per heavy atom. The second-order valence-corrected chi connectivity index (χ2v) is 7.32. The lowest BCUT2D eigenvalue weighted by Gasteiger charge is -2.21. The largest absolute Gasteiger partial charge is 0.493 e. The molecular formula is C22H30N2O2. The Hall–Kier alpha value is -2.04. The van der Waals surface area contributed by atoms with Gasteiger partial charge in [-0.1, -0.05) is 42.5 Å². The SMILES string of the molecule is COc1cccc(CN2C[C@@H](CN)[C@H](c3ccccc3)C2)c1OC(C)C. The van der Waals surface area contributed by atoms with Crippen molar-refractivity contribution in [2.45, 2.75) is 32.4 Å². The number of methoxy groups -OCH3 is 1. The van der Waals surface area contributed by atoms with Crippen molar-refractivity contribution in [3.8, 4) is 11.5 Å². The predicted molar refractivity (Wildman–Crippen MR) is 106 cm³/mol. The van der Waals surface area contributed by atoms with Gasteiger partial charge in [-0.05, 0) is 37.9 Å². The van der Waals surface area contributed by atoms with E-state index in [1.165, 1.54) is 11.1 Å². The summed E-state index contributed by atoms with van der Waals surface area (Å²) in [5.41, 5.74) is 8.64. The van der Waals surface area contributed by atoms with Gasteiger partial charge in [0.1, 0.15) is 0 Å². The summed E-state index contributed by atoms with van der Waals surface area (Å²) < 4.78 is 11.6. The maximum absolute atomic E-state index is 6.09. The second kappa shape index (κ2) is 8.56. The average Bonchev–Trinajstić information content (AvgIpc) is 3.06. The summed E-state index contributed by atoms with van der Waals surface area (Å²) in [4.78, 5) is 2.48. The molecule has 1 aliphatic heterocycles. The van der Waals surface area contributed by atoms with Gasteiger partial charge in [0.05, 0.1) is 13.2 Å². The molecule has 140 valence electrons. The molecule has 26 heavy (non-hydrogen) atoms. The number of benzene rings is 2. The summed E-state index contributed by atoms with van der Waals surface area (Å²) in [6.45, 7) is 7.67. The molecule has 1 fully saturated rings. The highest BCUT2D eigenvalue weighted by atomic mass is 16.5. The monoisotopic (exact) mass is 354 g/mol. The van der Waals surface area contributed by atoms with Gasteiger partial charge in [-0.25, -0.2) is 0 Å². The molecule has 4 nitrogen and oxygen atoms in total. The second-order valence-electron chi connectivity index (χ2n) is 7.32. The van der Waals surface area contributed by atoms with Crippen LogP contribution in [0.5, 0.6) is 11.5 Å². The lowest BCUT2D eigenvalue weighted by Crippen LogP contribution is -2.23. The molecule has 1 heterocycles. The Labute approximate surface area is 156 Å². The molecule has 4 heteroatoms. The number of ether oxygens (including phenoxy) is 2. The summed E-state index contributed by atoms with van der Waals surface area (Å²) in [7, 11) is 1.69. The number of nitrogens with two attached hydrogens (primary N) is 1. The first-order chi connectivity index (χ1) is 12.6. The molecule has 1 aliphatic rings. The maximum Gasteiger partial charge on any atom is 0.166 e. The van der Waals surface area contributed by atoms with Gasteiger partial charge in [-0.3, -0.25) is 4.90 Å². The molecule has 3 rings (SSSR count). The molecule has 2 N–H and O–H groups in total. The van der Waals surface area contributed by atoms with Gasteiger partial charge in [-0.15, -0.1) is 0 Å². The molecule has 0 saturated carbocycles. The Balaban J connectivity index is 1.79. The number of nitrogens with zero attached hydrogens (tertiary/aromatic N) is 1. The predicted octanol–water partition coefficient (Wildman–Crippen LogP) is 3.66. The number of hydrogen-bond acceptors (Lipinski definition) is 4. The third-order valence-electron chi connectivity index (χ3n) is 5.07. The van der Waals surface area contributed by atoms with Crippen molar-refractivity contribution in [2.75, 3.05) is 26.7 Å². The summed E-state index contributed by atoms with van der Waals surface area (Å²) in [5, 5.41) is 0. The van der Waals surface area contributed by atoms with Gasteiger partial charge in [0.2, 0.25) is 0 Å². The normalized spacial score (nSPS) is 20.5. The molecule has 1 saturated heterocycles. The third kappa shape index (κ3) is 4.19. The van der Waals surface area contributed by atoms with Crippen LogP contribution in [0.15, 0.2) is 48.5 Å². The first kappa shape index (κ1) is 18.7. The third-order valence-corrected chi connectivity index (χ3v) is 5.07. The highest BCUT2D eigenvalue weighted by molar-refractivity contribution is 5.46. The number of likely N-dealkylation sites (tertiary alicyclic amines) is 1. The first-order valence-electron chi connectivity index (χ1n) is 9.42. The smallest absolute Gasteiger partial charge is 0.166 e. The molecule has 0 bridgehead atoms. The molecular weight excluding hydrogens is 324 g/mol. The Kier molecular flexibility index (Phi) is 6.17. The van der Waals surface area contributed by atoms with E-state index in [1.807, 2.05) is 26.0 Å². The summed E-state index contributed by atoms with van der Waals surface area (Å²) in [6, 6.07) is 16.9. The molecule has 2 aromatic rings. The van der Waals surface area contributed by atoms with Crippen LogP contribution in [0.4, 0.5) is 0 Å². The lowest BCUT2D eigenvalue weighted by atomic mass is 9.89. The van der Waals surface area contributed by atoms with Gasteiger partial charge in [0.15, 0.2) is 11.5 Å². The Bertz CT molecular complexity index is 703. The van der Waals surface area contributed by atoms with Crippen LogP contribution in [0.2, 0.25) is 0 Å². The van der Waals surface area contributed by atoms with Crippen molar-refractivity contribution in [2.24, 2.45) is 11.7 Å². The van der Waals surface area contributed by atoms with Crippen LogP contribution in [0.1, 0.15) is 30.9 Å². The van der Waals surface area contributed by atoms with Gasteiger partial charge in [0, 0.05) is 31.1 Å². The molecule has 2 aromatic carbocycles. The quantitative estimate of drug-likeness (QED) is 0.824. The molecule has 2 atom stereocenters. The molecule has 0 aromatic heterocycles. The standard InChI is InChI=1S/C22H30N2O2/c1-16(2)26-22-18(10-7-11-21(22)25-3)13-24-14-19(12-23)20(15-24)17-8-5-4-6-9-17/h4-11,16,19-20H,12-15,23H2,1-3H3/t19-,20+/m1/s1. The van der Waals surface area contributed by atoms with Crippen molar-refractivity contribution >= 4 is 0 Å². The van der Waals surface area contributed by atoms with Crippen LogP contribution in [0.3, 0.4) is 0 Å². The fourth-order valence-electron chi connectivity index (χ4n) is 3.86. The summed E-state index contributed by atoms with van der Waals surface area (Å²) >= 11 is 0. The van der Waals surface area contributed by atoms with Crippen molar-refractivity contribution < 1.29 is 9.47 Å². The fourth-order valence-corrected chi connectivity index (χ4v) is 3.86. The van der Waals surface area contributed by atoms with E-state index in [9.17, 15) is 0 Å². The molecule has 0 aliphatic carbocycles. The van der Waals surface area contributed by atoms with Gasteiger partial charge in [0.25, 0.3) is 0 Å². The van der Waals surface area contributed by atoms with E-state index < -0.39 is 0 Å². The highest BCUT2D eigenvalue weighted by Crippen LogP contribution is 2.36. The minimum absolute atomic E-state index is 0.109. The number of para-hydroxylation sites is 1. The van der Waals surface area contributed by atoms with Crippen LogP contribution < -0.4 is 15.2 Å². The summed E-state index contributed by atoms with van der Waals surface area (Å²) in [5.74, 6) is 2.63. The van der Waals surface area contributed by atoms with Gasteiger partial charge >= 0.3 is 0 Å². The molecule has 0 amide bonds. The van der Waals surface area contributed by atoms with Crippen molar-refractivity contribution in [3.05, 3.63) is 59.7 Å². The topological polar surface area (TPSA) is 47.7 Å². The van der Waals surface area contributed by atoms with Crippen molar-refractivity contribution in [1.29, 1.82) is 0 Å². The zero-order valence-electron chi connectivity index (χ0n) is 16.0. The van der Waals surface area contributed by atoms with E-state index in [4.69, 9.17) is 15.2 Å². The minimum atomic E-state index is 0.109. The van der Waals surface area contributed by atoms with Crippen molar-refractivity contribution in [3.63, 3.8) is 0 Å². The highest BCUT2D eigenvalue weighted by Gasteiger charge is 2.33. The zero-order chi connectivity index (χ0) is 18.5. The van der Waals surface area contributed by atoms with E-state index >= 15 is 0 Å². The zero-order valence-corrected chi connectivity index (χ0v) is 16.0.